The highest BCUT2D eigenvalue weighted by Crippen LogP contribution is 2.64. The van der Waals surface area contributed by atoms with Gasteiger partial charge >= 0.3 is 35.8 Å². The van der Waals surface area contributed by atoms with E-state index in [1.807, 2.05) is 0 Å². The maximum atomic E-state index is 15.8. The predicted molar refractivity (Wildman–Crippen MR) is 262 cm³/mol. The first-order valence-electron chi connectivity index (χ1n) is 24.7. The highest BCUT2D eigenvalue weighted by Gasteiger charge is 2.78. The fourth-order valence-electron chi connectivity index (χ4n) is 11.3. The molecule has 3 aliphatic carbocycles. The lowest BCUT2D eigenvalue weighted by molar-refractivity contribution is -0.346. The molecule has 2 saturated carbocycles. The molecular formula is C55H62N2O19. The third-order valence-electron chi connectivity index (χ3n) is 15.3. The summed E-state index contributed by atoms with van der Waals surface area (Å²) in [5.74, 6) is -10.8. The van der Waals surface area contributed by atoms with Crippen LogP contribution >= 0.6 is 0 Å². The van der Waals surface area contributed by atoms with Crippen molar-refractivity contribution in [3.05, 3.63) is 119 Å². The number of amides is 2. The summed E-state index contributed by atoms with van der Waals surface area (Å²) in [5, 5.41) is 49.7. The molecule has 0 spiro atoms. The average molecular weight is 1060 g/mol. The first kappa shape index (κ1) is 56.4. The lowest BCUT2D eigenvalue weighted by Crippen LogP contribution is -2.82. The molecule has 21 heteroatoms. The van der Waals surface area contributed by atoms with Crippen molar-refractivity contribution in [2.45, 2.75) is 134 Å². The van der Waals surface area contributed by atoms with Crippen LogP contribution in [-0.2, 0) is 62.0 Å². The van der Waals surface area contributed by atoms with Gasteiger partial charge in [0, 0.05) is 50.5 Å². The molecule has 0 radical (unpaired) electrons. The number of carbonyl (C=O) groups is 9. The normalized spacial score (nSPS) is 28.4. The number of fused-ring (bicyclic) bond motifs is 5. The van der Waals surface area contributed by atoms with Gasteiger partial charge in [-0.05, 0) is 61.2 Å². The molecule has 2 bridgehead atoms. The molecule has 1 aliphatic heterocycles. The van der Waals surface area contributed by atoms with Crippen LogP contribution in [0.25, 0.3) is 0 Å². The summed E-state index contributed by atoms with van der Waals surface area (Å²) < 4.78 is 36.6. The number of hydrogen-bond acceptors (Lipinski definition) is 18. The van der Waals surface area contributed by atoms with E-state index >= 15 is 9.59 Å². The predicted octanol–water partition coefficient (Wildman–Crippen LogP) is 3.02. The Morgan fingerprint density at radius 2 is 1.41 bits per heavy atom. The molecule has 1 saturated heterocycles. The van der Waals surface area contributed by atoms with Crippen LogP contribution in [0.3, 0.4) is 0 Å². The summed E-state index contributed by atoms with van der Waals surface area (Å²) in [6.07, 6.45) is -12.5. The van der Waals surface area contributed by atoms with Crippen molar-refractivity contribution >= 4 is 53.4 Å². The SMILES string of the molecule is CC(=O)O[C@H]1C(=O)[C@@]2(C)C(C(OC(=O)c3ccccc3)[C@]3(O)CC(OC(=O)C(OC(=O)CCCC(=O)NC(CO)C(=O)O)C(NC(=O)c4ccccc4)c4ccccc4)C(C)=C1C3(C)C)[C@]1(OC(C)=O)CO[C@@H]1C[C@@H]2O. The molecule has 3 aromatic carbocycles. The van der Waals surface area contributed by atoms with Crippen LogP contribution in [0.1, 0.15) is 106 Å². The van der Waals surface area contributed by atoms with Gasteiger partial charge in [-0.3, -0.25) is 28.8 Å². The molecule has 1 heterocycles. The number of aliphatic hydroxyl groups is 3. The van der Waals surface area contributed by atoms with Crippen LogP contribution in [-0.4, -0.2) is 141 Å². The van der Waals surface area contributed by atoms with Crippen LogP contribution in [0.2, 0.25) is 0 Å². The van der Waals surface area contributed by atoms with Crippen LogP contribution < -0.4 is 10.6 Å². The number of aliphatic carboxylic acids is 1. The molecule has 3 aromatic rings. The summed E-state index contributed by atoms with van der Waals surface area (Å²) in [6.45, 7) is 6.70. The number of Topliss-reactive ketones (excluding diaryl/α,β-unsaturated/α-hetero) is 1. The molecule has 21 nitrogen and oxygen atoms in total. The molecule has 7 rings (SSSR count). The van der Waals surface area contributed by atoms with Crippen molar-refractivity contribution in [1.82, 2.24) is 10.6 Å². The summed E-state index contributed by atoms with van der Waals surface area (Å²) in [7, 11) is 0. The third-order valence-corrected chi connectivity index (χ3v) is 15.3. The van der Waals surface area contributed by atoms with Crippen molar-refractivity contribution in [1.29, 1.82) is 0 Å². The van der Waals surface area contributed by atoms with E-state index in [1.165, 1.54) is 52.0 Å². The molecule has 4 aliphatic rings. The maximum absolute atomic E-state index is 15.8. The van der Waals surface area contributed by atoms with E-state index < -0.39 is 156 Å². The lowest BCUT2D eigenvalue weighted by atomic mass is 9.44. The second-order valence-corrected chi connectivity index (χ2v) is 20.3. The zero-order chi connectivity index (χ0) is 55.5. The zero-order valence-corrected chi connectivity index (χ0v) is 42.7. The van der Waals surface area contributed by atoms with Gasteiger partial charge in [-0.15, -0.1) is 0 Å². The van der Waals surface area contributed by atoms with E-state index in [1.54, 1.807) is 66.7 Å². The minimum absolute atomic E-state index is 0.00577. The van der Waals surface area contributed by atoms with E-state index in [0.29, 0.717) is 0 Å². The van der Waals surface area contributed by atoms with Crippen LogP contribution in [0.4, 0.5) is 0 Å². The number of nitrogens with one attached hydrogen (secondary N) is 2. The first-order chi connectivity index (χ1) is 35.9. The fourth-order valence-corrected chi connectivity index (χ4v) is 11.3. The van der Waals surface area contributed by atoms with Gasteiger partial charge in [0.2, 0.25) is 12.0 Å². The van der Waals surface area contributed by atoms with E-state index in [2.05, 4.69) is 10.6 Å². The van der Waals surface area contributed by atoms with Gasteiger partial charge in [-0.1, -0.05) is 80.6 Å². The lowest BCUT2D eigenvalue weighted by Gasteiger charge is -2.67. The smallest absolute Gasteiger partial charge is 0.350 e. The molecule has 2 amide bonds. The molecule has 6 unspecified atom stereocenters. The largest absolute Gasteiger partial charge is 0.480 e. The van der Waals surface area contributed by atoms with Gasteiger partial charge in [-0.25, -0.2) is 14.4 Å². The summed E-state index contributed by atoms with van der Waals surface area (Å²) >= 11 is 0. The molecule has 0 aromatic heterocycles. The van der Waals surface area contributed by atoms with E-state index in [9.17, 15) is 54.0 Å². The monoisotopic (exact) mass is 1050 g/mol. The maximum Gasteiger partial charge on any atom is 0.350 e. The number of carbonyl (C=O) groups excluding carboxylic acids is 8. The van der Waals surface area contributed by atoms with Crippen molar-refractivity contribution < 1.29 is 92.0 Å². The van der Waals surface area contributed by atoms with Crippen molar-refractivity contribution in [2.24, 2.45) is 16.7 Å². The average Bonchev–Trinajstić information content (AvgIpc) is 3.58. The van der Waals surface area contributed by atoms with E-state index in [0.717, 1.165) is 13.8 Å². The van der Waals surface area contributed by atoms with Crippen LogP contribution in [0, 0.1) is 16.7 Å². The summed E-state index contributed by atoms with van der Waals surface area (Å²) in [6, 6.07) is 20.3. The molecule has 6 N–H and O–H groups in total. The Bertz CT molecular complexity index is 2770. The van der Waals surface area contributed by atoms with Crippen molar-refractivity contribution in [3.63, 3.8) is 0 Å². The van der Waals surface area contributed by atoms with Crippen LogP contribution in [0.15, 0.2) is 102 Å². The minimum Gasteiger partial charge on any atom is -0.480 e. The Balaban J connectivity index is 1.37. The number of hydrogen-bond donors (Lipinski definition) is 6. The Morgan fingerprint density at radius 1 is 0.803 bits per heavy atom. The molecule has 406 valence electrons. The highest BCUT2D eigenvalue weighted by molar-refractivity contribution is 5.96. The standard InChI is InChI=1S/C55H62N2O19/c1-29-36(73-51(69)44(74-40(63)24-16-23-39(62)56-35(27-58)49(66)67)42(32-17-10-7-11-18-32)57-48(65)33-19-12-8-13-20-33)26-55(70)47(75-50(68)34-21-14-9-15-22-34)45-53(6,37(61)25-38-54(45,28-71-38)76-31(3)60)46(64)43(72-30(2)59)41(29)52(55,4)5/h7-15,17-22,35-38,42-45,47,58,61,70H,16,23-28H2,1-6H3,(H,56,62)(H,57,65)(H,66,67)/t35?,36?,37-,38+,42?,43+,44?,45?,47?,53+,54-,55+/m0/s1. The second kappa shape index (κ2) is 22.5. The summed E-state index contributed by atoms with van der Waals surface area (Å²) in [4.78, 5) is 124. The Hall–Kier alpha value is -7.33. The number of aliphatic hydroxyl groups excluding tert-OH is 2. The van der Waals surface area contributed by atoms with Crippen molar-refractivity contribution in [2.75, 3.05) is 13.2 Å². The number of esters is 5. The van der Waals surface area contributed by atoms with Gasteiger partial charge in [0.05, 0.1) is 36.2 Å². The number of ketones is 1. The molecule has 3 fully saturated rings. The summed E-state index contributed by atoms with van der Waals surface area (Å²) in [5.41, 5.74) is -7.98. The number of carboxylic acids is 1. The minimum atomic E-state index is -2.53. The van der Waals surface area contributed by atoms with Gasteiger partial charge in [0.15, 0.2) is 17.5 Å². The Labute approximate surface area is 437 Å². The van der Waals surface area contributed by atoms with Gasteiger partial charge < -0.3 is 59.5 Å². The number of carboxylic acid groups (broad SMARTS) is 1. The zero-order valence-electron chi connectivity index (χ0n) is 42.7. The van der Waals surface area contributed by atoms with Crippen LogP contribution in [0.5, 0.6) is 0 Å². The van der Waals surface area contributed by atoms with E-state index in [4.69, 9.17) is 28.4 Å². The fraction of sp³-hybridized carbons (Fsp3) is 0.473. The second-order valence-electron chi connectivity index (χ2n) is 20.3. The molecule has 12 atom stereocenters. The van der Waals surface area contributed by atoms with E-state index in [-0.39, 0.29) is 47.3 Å². The van der Waals surface area contributed by atoms with Gasteiger partial charge in [0.25, 0.3) is 5.91 Å². The molecule has 76 heavy (non-hydrogen) atoms. The number of ether oxygens (including phenoxy) is 6. The van der Waals surface area contributed by atoms with Gasteiger partial charge in [-0.2, -0.15) is 0 Å². The number of rotatable bonds is 18. The number of benzene rings is 3. The Kier molecular flexibility index (Phi) is 16.7. The molecular weight excluding hydrogens is 993 g/mol. The Morgan fingerprint density at radius 3 is 1.96 bits per heavy atom. The first-order valence-corrected chi connectivity index (χ1v) is 24.7. The third kappa shape index (κ3) is 10.7. The van der Waals surface area contributed by atoms with Crippen molar-refractivity contribution in [3.8, 4) is 0 Å². The van der Waals surface area contributed by atoms with Gasteiger partial charge in [0.1, 0.15) is 36.0 Å². The highest BCUT2D eigenvalue weighted by atomic mass is 16.6. The topological polar surface area (TPSA) is 314 Å². The quantitative estimate of drug-likeness (QED) is 0.0606.